The summed E-state index contributed by atoms with van der Waals surface area (Å²) in [6.45, 7) is 1.96. The van der Waals surface area contributed by atoms with Crippen LogP contribution in [0, 0.1) is 17.0 Å². The van der Waals surface area contributed by atoms with E-state index >= 15 is 0 Å². The van der Waals surface area contributed by atoms with Gasteiger partial charge in [-0.3, -0.25) is 14.7 Å². The summed E-state index contributed by atoms with van der Waals surface area (Å²) in [6, 6.07) is 17.5. The Morgan fingerprint density at radius 2 is 1.73 bits per heavy atom. The van der Waals surface area contributed by atoms with E-state index < -0.39 is 22.4 Å². The minimum atomic E-state index is -4.66. The Morgan fingerprint density at radius 1 is 1.03 bits per heavy atom. The number of benzene rings is 3. The molecule has 9 heteroatoms. The van der Waals surface area contributed by atoms with E-state index in [1.807, 2.05) is 60.0 Å². The monoisotopic (exact) mass is 429 g/mol. The van der Waals surface area contributed by atoms with Crippen LogP contribution < -0.4 is 0 Å². The van der Waals surface area contributed by atoms with Crippen molar-refractivity contribution in [3.63, 3.8) is 0 Å². The second kappa shape index (κ2) is 7.49. The molecule has 0 fully saturated rings. The molecule has 0 spiro atoms. The van der Waals surface area contributed by atoms with Gasteiger partial charge in [-0.15, -0.1) is 0 Å². The number of fused-ring (bicyclic) bond motifs is 1. The quantitative estimate of drug-likeness (QED) is 0.278. The zero-order chi connectivity index (χ0) is 21.5. The molecular weight excluding hydrogens is 415 g/mol. The summed E-state index contributed by atoms with van der Waals surface area (Å²) in [6.07, 6.45) is -4.66. The molecule has 1 aromatic heterocycles. The number of rotatable bonds is 4. The minimum absolute atomic E-state index is 0.0802. The number of hydrogen-bond donors (Lipinski definition) is 0. The van der Waals surface area contributed by atoms with Crippen LogP contribution in [0.25, 0.3) is 16.7 Å². The number of nitro benzene ring substituents is 1. The van der Waals surface area contributed by atoms with Crippen molar-refractivity contribution in [3.05, 3.63) is 88.0 Å². The number of nitro groups is 1. The Hall–Kier alpha value is -3.33. The molecule has 0 aliphatic rings. The van der Waals surface area contributed by atoms with E-state index in [2.05, 4.69) is 4.98 Å². The van der Waals surface area contributed by atoms with Crippen LogP contribution in [-0.4, -0.2) is 14.5 Å². The molecule has 0 aliphatic heterocycles. The zero-order valence-corrected chi connectivity index (χ0v) is 16.4. The maximum atomic E-state index is 13.0. The SMILES string of the molecule is Cc1ccc(-n2c(Sc3ccc(C(F)(F)F)cc3[N+](=O)[O-])nc3ccccc32)cc1. The van der Waals surface area contributed by atoms with Gasteiger partial charge in [0.15, 0.2) is 5.16 Å². The van der Waals surface area contributed by atoms with Crippen molar-refractivity contribution in [3.8, 4) is 5.69 Å². The van der Waals surface area contributed by atoms with E-state index in [-0.39, 0.29) is 4.90 Å². The van der Waals surface area contributed by atoms with Crippen LogP contribution in [-0.2, 0) is 6.18 Å². The van der Waals surface area contributed by atoms with Crippen molar-refractivity contribution in [2.24, 2.45) is 0 Å². The molecule has 3 aromatic carbocycles. The molecule has 4 rings (SSSR count). The van der Waals surface area contributed by atoms with Crippen molar-refractivity contribution in [1.29, 1.82) is 0 Å². The summed E-state index contributed by atoms with van der Waals surface area (Å²) in [4.78, 5) is 15.3. The highest BCUT2D eigenvalue weighted by atomic mass is 32.2. The third kappa shape index (κ3) is 3.76. The average Bonchev–Trinajstić information content (AvgIpc) is 3.06. The molecule has 0 aliphatic carbocycles. The van der Waals surface area contributed by atoms with E-state index in [9.17, 15) is 23.3 Å². The van der Waals surface area contributed by atoms with E-state index in [1.165, 1.54) is 0 Å². The molecule has 30 heavy (non-hydrogen) atoms. The molecule has 0 saturated heterocycles. The number of aromatic nitrogens is 2. The van der Waals surface area contributed by atoms with Crippen LogP contribution in [0.5, 0.6) is 0 Å². The maximum Gasteiger partial charge on any atom is 0.416 e. The standard InChI is InChI=1S/C21H14F3N3O2S/c1-13-6-9-15(10-7-13)26-17-5-3-2-4-16(17)25-20(26)30-19-11-8-14(21(22,23)24)12-18(19)27(28)29/h2-12H,1H3. The van der Waals surface area contributed by atoms with Gasteiger partial charge in [0.2, 0.25) is 0 Å². The lowest BCUT2D eigenvalue weighted by Crippen LogP contribution is -2.06. The van der Waals surface area contributed by atoms with Crippen LogP contribution in [0.1, 0.15) is 11.1 Å². The third-order valence-electron chi connectivity index (χ3n) is 4.51. The summed E-state index contributed by atoms with van der Waals surface area (Å²) < 4.78 is 40.8. The van der Waals surface area contributed by atoms with Gasteiger partial charge in [-0.2, -0.15) is 13.2 Å². The highest BCUT2D eigenvalue weighted by Crippen LogP contribution is 2.40. The predicted molar refractivity (Wildman–Crippen MR) is 108 cm³/mol. The molecule has 0 bridgehead atoms. The fourth-order valence-electron chi connectivity index (χ4n) is 3.04. The topological polar surface area (TPSA) is 61.0 Å². The summed E-state index contributed by atoms with van der Waals surface area (Å²) in [5.74, 6) is 0. The number of nitrogens with zero attached hydrogens (tertiary/aromatic N) is 3. The predicted octanol–water partition coefficient (Wildman–Crippen LogP) is 6.41. The summed E-state index contributed by atoms with van der Waals surface area (Å²) in [5.41, 5.74) is 1.65. The molecule has 0 radical (unpaired) electrons. The Labute approximate surface area is 173 Å². The second-order valence-corrected chi connectivity index (χ2v) is 7.60. The van der Waals surface area contributed by atoms with Crippen molar-refractivity contribution in [2.45, 2.75) is 23.2 Å². The van der Waals surface area contributed by atoms with Gasteiger partial charge in [0, 0.05) is 11.8 Å². The number of para-hydroxylation sites is 2. The highest BCUT2D eigenvalue weighted by molar-refractivity contribution is 7.99. The number of imidazole rings is 1. The summed E-state index contributed by atoms with van der Waals surface area (Å²) in [7, 11) is 0. The molecule has 152 valence electrons. The van der Waals surface area contributed by atoms with E-state index in [1.54, 1.807) is 0 Å². The van der Waals surface area contributed by atoms with Crippen molar-refractivity contribution in [2.75, 3.05) is 0 Å². The van der Waals surface area contributed by atoms with Crippen LogP contribution >= 0.6 is 11.8 Å². The first-order valence-electron chi connectivity index (χ1n) is 8.82. The maximum absolute atomic E-state index is 13.0. The molecule has 0 saturated carbocycles. The normalized spacial score (nSPS) is 11.7. The number of hydrogen-bond acceptors (Lipinski definition) is 4. The van der Waals surface area contributed by atoms with Gasteiger partial charge in [-0.25, -0.2) is 4.98 Å². The minimum Gasteiger partial charge on any atom is -0.287 e. The molecule has 0 N–H and O–H groups in total. The Morgan fingerprint density at radius 3 is 2.40 bits per heavy atom. The lowest BCUT2D eigenvalue weighted by molar-refractivity contribution is -0.388. The summed E-state index contributed by atoms with van der Waals surface area (Å²) >= 11 is 0.956. The lowest BCUT2D eigenvalue weighted by atomic mass is 10.2. The van der Waals surface area contributed by atoms with E-state index in [4.69, 9.17) is 0 Å². The Balaban J connectivity index is 1.86. The van der Waals surface area contributed by atoms with Crippen LogP contribution in [0.2, 0.25) is 0 Å². The van der Waals surface area contributed by atoms with Gasteiger partial charge >= 0.3 is 6.18 Å². The van der Waals surface area contributed by atoms with Crippen LogP contribution in [0.15, 0.2) is 76.8 Å². The van der Waals surface area contributed by atoms with Crippen LogP contribution in [0.4, 0.5) is 18.9 Å². The lowest BCUT2D eigenvalue weighted by Gasteiger charge is -2.11. The number of alkyl halides is 3. The molecule has 4 aromatic rings. The molecule has 0 atom stereocenters. The summed E-state index contributed by atoms with van der Waals surface area (Å²) in [5, 5.41) is 11.9. The molecule has 0 amide bonds. The zero-order valence-electron chi connectivity index (χ0n) is 15.6. The average molecular weight is 429 g/mol. The first-order valence-corrected chi connectivity index (χ1v) is 9.64. The van der Waals surface area contributed by atoms with E-state index in [0.717, 1.165) is 40.7 Å². The van der Waals surface area contributed by atoms with Crippen molar-refractivity contribution < 1.29 is 18.1 Å². The third-order valence-corrected chi connectivity index (χ3v) is 5.53. The second-order valence-electron chi connectivity index (χ2n) is 6.59. The molecule has 5 nitrogen and oxygen atoms in total. The van der Waals surface area contributed by atoms with Gasteiger partial charge < -0.3 is 0 Å². The van der Waals surface area contributed by atoms with Crippen molar-refractivity contribution in [1.82, 2.24) is 9.55 Å². The largest absolute Gasteiger partial charge is 0.416 e. The molecular formula is C21H14F3N3O2S. The van der Waals surface area contributed by atoms with E-state index in [0.29, 0.717) is 16.7 Å². The Kier molecular flexibility index (Phi) is 4.98. The number of halogens is 3. The molecule has 1 heterocycles. The highest BCUT2D eigenvalue weighted by Gasteiger charge is 2.33. The first kappa shape index (κ1) is 20.0. The van der Waals surface area contributed by atoms with Gasteiger partial charge in [0.25, 0.3) is 5.69 Å². The van der Waals surface area contributed by atoms with Crippen LogP contribution in [0.3, 0.4) is 0 Å². The smallest absolute Gasteiger partial charge is 0.287 e. The van der Waals surface area contributed by atoms with Gasteiger partial charge in [-0.1, -0.05) is 29.8 Å². The fourth-order valence-corrected chi connectivity index (χ4v) is 4.05. The van der Waals surface area contributed by atoms with Crippen molar-refractivity contribution >= 4 is 28.5 Å². The number of aryl methyl sites for hydroxylation is 1. The van der Waals surface area contributed by atoms with Gasteiger partial charge in [0.1, 0.15) is 0 Å². The molecule has 0 unspecified atom stereocenters. The fraction of sp³-hybridized carbons (Fsp3) is 0.0952. The van der Waals surface area contributed by atoms with Gasteiger partial charge in [-0.05, 0) is 55.1 Å². The Bertz CT molecular complexity index is 1250. The first-order chi connectivity index (χ1) is 14.2. The van der Waals surface area contributed by atoms with Gasteiger partial charge in [0.05, 0.1) is 26.4 Å².